The summed E-state index contributed by atoms with van der Waals surface area (Å²) in [5, 5.41) is 0. The van der Waals surface area contributed by atoms with Crippen LogP contribution >= 0.6 is 0 Å². The van der Waals surface area contributed by atoms with E-state index in [1.54, 1.807) is 12.1 Å². The molecule has 2 aliphatic heterocycles. The minimum absolute atomic E-state index is 0.0656. The largest absolute Gasteiger partial charge is 0.368 e. The molecule has 0 radical (unpaired) electrons. The molecule has 1 atom stereocenters. The topological polar surface area (TPSA) is 43.9 Å². The zero-order valence-corrected chi connectivity index (χ0v) is 15.2. The van der Waals surface area contributed by atoms with Gasteiger partial charge in [-0.1, -0.05) is 0 Å². The average molecular weight is 347 g/mol. The molecule has 25 heavy (non-hydrogen) atoms. The monoisotopic (exact) mass is 347 g/mol. The first-order chi connectivity index (χ1) is 11.8. The Kier molecular flexibility index (Phi) is 4.71. The molecule has 0 bridgehead atoms. The maximum absolute atomic E-state index is 13.0. The van der Waals surface area contributed by atoms with Gasteiger partial charge in [0.1, 0.15) is 5.82 Å². The maximum atomic E-state index is 13.0. The Morgan fingerprint density at radius 3 is 2.20 bits per heavy atom. The molecule has 0 aromatic heterocycles. The smallest absolute Gasteiger partial charge is 0.228 e. The van der Waals surface area contributed by atoms with Crippen LogP contribution in [0.2, 0.25) is 0 Å². The highest BCUT2D eigenvalue weighted by atomic mass is 19.1. The van der Waals surface area contributed by atoms with Crippen molar-refractivity contribution in [3.05, 3.63) is 30.1 Å². The summed E-state index contributed by atoms with van der Waals surface area (Å²) >= 11 is 0. The van der Waals surface area contributed by atoms with Crippen LogP contribution in [0.4, 0.5) is 10.1 Å². The van der Waals surface area contributed by atoms with E-state index >= 15 is 0 Å². The second-order valence-corrected chi connectivity index (χ2v) is 7.86. The van der Waals surface area contributed by atoms with E-state index in [-0.39, 0.29) is 29.1 Å². The van der Waals surface area contributed by atoms with E-state index in [1.807, 2.05) is 30.6 Å². The molecule has 1 aromatic rings. The van der Waals surface area contributed by atoms with Crippen LogP contribution in [0.1, 0.15) is 27.2 Å². The molecule has 0 N–H and O–H groups in total. The highest BCUT2D eigenvalue weighted by Crippen LogP contribution is 2.27. The summed E-state index contributed by atoms with van der Waals surface area (Å²) in [7, 11) is 0. The summed E-state index contributed by atoms with van der Waals surface area (Å²) in [4.78, 5) is 30.8. The van der Waals surface area contributed by atoms with Gasteiger partial charge in [-0.15, -0.1) is 0 Å². The molecule has 2 heterocycles. The number of anilines is 1. The first kappa shape index (κ1) is 17.7. The Hall–Kier alpha value is -2.11. The summed E-state index contributed by atoms with van der Waals surface area (Å²) in [5.41, 5.74) is 0.733. The van der Waals surface area contributed by atoms with Crippen LogP contribution in [0.25, 0.3) is 0 Å². The number of benzene rings is 1. The van der Waals surface area contributed by atoms with E-state index in [9.17, 15) is 14.0 Å². The van der Waals surface area contributed by atoms with Crippen molar-refractivity contribution in [2.45, 2.75) is 32.7 Å². The molecule has 2 amide bonds. The van der Waals surface area contributed by atoms with Crippen molar-refractivity contribution in [3.63, 3.8) is 0 Å². The van der Waals surface area contributed by atoms with Gasteiger partial charge in [0.2, 0.25) is 11.8 Å². The van der Waals surface area contributed by atoms with Crippen molar-refractivity contribution in [1.82, 2.24) is 9.80 Å². The van der Waals surface area contributed by atoms with Crippen molar-refractivity contribution >= 4 is 17.5 Å². The van der Waals surface area contributed by atoms with Crippen molar-refractivity contribution < 1.29 is 14.0 Å². The molecule has 5 nitrogen and oxygen atoms in total. The molecule has 2 fully saturated rings. The zero-order valence-electron chi connectivity index (χ0n) is 15.2. The van der Waals surface area contributed by atoms with E-state index in [0.29, 0.717) is 26.1 Å². The fraction of sp³-hybridized carbons (Fsp3) is 0.579. The standard InChI is InChI=1S/C19H26FN3O2/c1-19(2,3)23-13-14(12-17(23)24)18(25)22-10-8-21(9-11-22)16-6-4-15(20)5-7-16/h4-7,14H,8-13H2,1-3H3. The van der Waals surface area contributed by atoms with E-state index in [1.165, 1.54) is 12.1 Å². The zero-order chi connectivity index (χ0) is 18.2. The van der Waals surface area contributed by atoms with Gasteiger partial charge < -0.3 is 14.7 Å². The number of nitrogens with zero attached hydrogens (tertiary/aromatic N) is 3. The van der Waals surface area contributed by atoms with E-state index in [4.69, 9.17) is 0 Å². The molecule has 136 valence electrons. The molecule has 1 aromatic carbocycles. The first-order valence-corrected chi connectivity index (χ1v) is 8.85. The van der Waals surface area contributed by atoms with Crippen molar-refractivity contribution in [2.75, 3.05) is 37.6 Å². The van der Waals surface area contributed by atoms with Crippen molar-refractivity contribution in [3.8, 4) is 0 Å². The summed E-state index contributed by atoms with van der Waals surface area (Å²) in [6.07, 6.45) is 0.314. The Labute approximate surface area is 148 Å². The lowest BCUT2D eigenvalue weighted by Crippen LogP contribution is -2.51. The highest BCUT2D eigenvalue weighted by molar-refractivity contribution is 5.89. The normalized spacial score (nSPS) is 21.8. The third-order valence-electron chi connectivity index (χ3n) is 5.07. The number of rotatable bonds is 2. The van der Waals surface area contributed by atoms with E-state index in [0.717, 1.165) is 18.8 Å². The van der Waals surface area contributed by atoms with Crippen molar-refractivity contribution in [2.24, 2.45) is 5.92 Å². The summed E-state index contributed by atoms with van der Waals surface area (Å²) < 4.78 is 13.0. The minimum atomic E-state index is -0.244. The second kappa shape index (κ2) is 6.65. The number of halogens is 1. The third kappa shape index (κ3) is 3.78. The molecular formula is C19H26FN3O2. The van der Waals surface area contributed by atoms with Crippen molar-refractivity contribution in [1.29, 1.82) is 0 Å². The van der Waals surface area contributed by atoms with Crippen LogP contribution in [0.3, 0.4) is 0 Å². The maximum Gasteiger partial charge on any atom is 0.228 e. The molecule has 6 heteroatoms. The molecule has 3 rings (SSSR count). The average Bonchev–Trinajstić information content (AvgIpc) is 2.97. The number of carbonyl (C=O) groups excluding carboxylic acids is 2. The van der Waals surface area contributed by atoms with E-state index < -0.39 is 0 Å². The van der Waals surface area contributed by atoms with Gasteiger partial charge in [-0.25, -0.2) is 4.39 Å². The van der Waals surface area contributed by atoms with Gasteiger partial charge in [-0.3, -0.25) is 9.59 Å². The minimum Gasteiger partial charge on any atom is -0.368 e. The number of likely N-dealkylation sites (tertiary alicyclic amines) is 1. The van der Waals surface area contributed by atoms with Crippen LogP contribution in [-0.4, -0.2) is 59.9 Å². The molecular weight excluding hydrogens is 321 g/mol. The van der Waals surface area contributed by atoms with Gasteiger partial charge in [-0.05, 0) is 45.0 Å². The SMILES string of the molecule is CC(C)(C)N1CC(C(=O)N2CCN(c3ccc(F)cc3)CC2)CC1=O. The lowest BCUT2D eigenvalue weighted by Gasteiger charge is -2.37. The summed E-state index contributed by atoms with van der Waals surface area (Å²) in [5.74, 6) is -0.328. The van der Waals surface area contributed by atoms with Crippen LogP contribution in [0, 0.1) is 11.7 Å². The number of hydrogen-bond donors (Lipinski definition) is 0. The highest BCUT2D eigenvalue weighted by Gasteiger charge is 2.41. The number of piperazine rings is 1. The van der Waals surface area contributed by atoms with Crippen LogP contribution in [0.15, 0.2) is 24.3 Å². The quantitative estimate of drug-likeness (QED) is 0.823. The van der Waals surface area contributed by atoms with Crippen LogP contribution < -0.4 is 4.90 Å². The molecule has 1 unspecified atom stereocenters. The molecule has 0 spiro atoms. The number of hydrogen-bond acceptors (Lipinski definition) is 3. The third-order valence-corrected chi connectivity index (χ3v) is 5.07. The summed E-state index contributed by atoms with van der Waals surface area (Å²) in [6, 6.07) is 6.45. The number of amides is 2. The fourth-order valence-electron chi connectivity index (χ4n) is 3.62. The lowest BCUT2D eigenvalue weighted by atomic mass is 10.1. The van der Waals surface area contributed by atoms with Gasteiger partial charge in [-0.2, -0.15) is 0 Å². The molecule has 0 saturated carbocycles. The van der Waals surface area contributed by atoms with Crippen LogP contribution in [-0.2, 0) is 9.59 Å². The molecule has 2 saturated heterocycles. The van der Waals surface area contributed by atoms with Gasteiger partial charge in [0, 0.05) is 50.4 Å². The predicted octanol–water partition coefficient (Wildman–Crippen LogP) is 2.12. The predicted molar refractivity (Wildman–Crippen MR) is 94.8 cm³/mol. The van der Waals surface area contributed by atoms with Crippen LogP contribution in [0.5, 0.6) is 0 Å². The van der Waals surface area contributed by atoms with Gasteiger partial charge in [0.15, 0.2) is 0 Å². The Balaban J connectivity index is 1.57. The van der Waals surface area contributed by atoms with Gasteiger partial charge >= 0.3 is 0 Å². The fourth-order valence-corrected chi connectivity index (χ4v) is 3.62. The first-order valence-electron chi connectivity index (χ1n) is 8.85. The number of carbonyl (C=O) groups is 2. The Bertz CT molecular complexity index is 646. The summed E-state index contributed by atoms with van der Waals surface area (Å²) in [6.45, 7) is 9.23. The lowest BCUT2D eigenvalue weighted by molar-refractivity contribution is -0.136. The second-order valence-electron chi connectivity index (χ2n) is 7.86. The Morgan fingerprint density at radius 2 is 1.68 bits per heavy atom. The van der Waals surface area contributed by atoms with E-state index in [2.05, 4.69) is 4.90 Å². The Morgan fingerprint density at radius 1 is 1.08 bits per heavy atom. The molecule has 2 aliphatic rings. The van der Waals surface area contributed by atoms with Gasteiger partial charge in [0.05, 0.1) is 5.92 Å². The molecule has 0 aliphatic carbocycles. The van der Waals surface area contributed by atoms with Gasteiger partial charge in [0.25, 0.3) is 0 Å².